The van der Waals surface area contributed by atoms with Gasteiger partial charge in [0.05, 0.1) is 5.60 Å². The molecular formula is C10H18O. The average Bonchev–Trinajstić information content (AvgIpc) is 1.85. The lowest BCUT2D eigenvalue weighted by molar-refractivity contribution is 0.133. The minimum atomic E-state index is -0.673. The Hall–Kier alpha value is -0.560. The van der Waals surface area contributed by atoms with E-state index in [1.54, 1.807) is 13.8 Å². The van der Waals surface area contributed by atoms with Crippen LogP contribution in [0.15, 0.2) is 23.8 Å². The summed E-state index contributed by atoms with van der Waals surface area (Å²) in [4.78, 5) is 0. The van der Waals surface area contributed by atoms with E-state index in [4.69, 9.17) is 0 Å². The van der Waals surface area contributed by atoms with Crippen LogP contribution in [0.25, 0.3) is 0 Å². The van der Waals surface area contributed by atoms with Crippen molar-refractivity contribution < 1.29 is 5.11 Å². The van der Waals surface area contributed by atoms with Gasteiger partial charge < -0.3 is 5.11 Å². The first-order valence-electron chi connectivity index (χ1n) is 3.97. The highest BCUT2D eigenvalue weighted by atomic mass is 16.3. The fraction of sp³-hybridized carbons (Fsp3) is 0.600. The third kappa shape index (κ3) is 7.34. The maximum atomic E-state index is 9.30. The second-order valence-corrected chi connectivity index (χ2v) is 3.40. The van der Waals surface area contributed by atoms with Crippen LogP contribution in [-0.4, -0.2) is 10.7 Å². The summed E-state index contributed by atoms with van der Waals surface area (Å²) in [5.41, 5.74) is 0.652. The molecule has 1 heteroatoms. The first-order chi connectivity index (χ1) is 4.95. The third-order valence-electron chi connectivity index (χ3n) is 1.46. The molecule has 0 heterocycles. The molecule has 1 N–H and O–H groups in total. The van der Waals surface area contributed by atoms with Gasteiger partial charge in [-0.15, -0.1) is 0 Å². The molecule has 0 rings (SSSR count). The Bertz CT molecular complexity index is 158. The van der Waals surface area contributed by atoms with Gasteiger partial charge in [-0.2, -0.15) is 0 Å². The number of aliphatic hydroxyl groups is 1. The summed E-state index contributed by atoms with van der Waals surface area (Å²) < 4.78 is 0. The van der Waals surface area contributed by atoms with Crippen molar-refractivity contribution in [2.75, 3.05) is 0 Å². The summed E-state index contributed by atoms with van der Waals surface area (Å²) in [6.07, 6.45) is 6.82. The summed E-state index contributed by atoms with van der Waals surface area (Å²) in [5.74, 6) is 0. The van der Waals surface area contributed by atoms with Crippen LogP contribution in [0.1, 0.15) is 34.1 Å². The normalized spacial score (nSPS) is 14.5. The van der Waals surface area contributed by atoms with Gasteiger partial charge in [0.2, 0.25) is 0 Å². The number of allylic oxidation sites excluding steroid dienone is 3. The Kier molecular flexibility index (Phi) is 4.12. The minimum absolute atomic E-state index is 0.673. The van der Waals surface area contributed by atoms with Crippen molar-refractivity contribution in [2.24, 2.45) is 0 Å². The van der Waals surface area contributed by atoms with Crippen molar-refractivity contribution in [1.82, 2.24) is 0 Å². The van der Waals surface area contributed by atoms with E-state index in [0.717, 1.165) is 6.42 Å². The molecule has 0 saturated carbocycles. The lowest BCUT2D eigenvalue weighted by Gasteiger charge is -2.09. The molecule has 0 amide bonds. The molecular weight excluding hydrogens is 136 g/mol. The Morgan fingerprint density at radius 1 is 1.45 bits per heavy atom. The molecule has 0 aromatic heterocycles. The summed E-state index contributed by atoms with van der Waals surface area (Å²) in [6.45, 7) is 7.64. The standard InChI is InChI=1S/C10H18O/c1-5-9(2)7-6-8-10(3,4)11/h5-6,8,11H,7H2,1-4H3/b8-6+,9-5+. The zero-order chi connectivity index (χ0) is 8.91. The van der Waals surface area contributed by atoms with Crippen LogP contribution in [0.5, 0.6) is 0 Å². The predicted molar refractivity (Wildman–Crippen MR) is 49.5 cm³/mol. The van der Waals surface area contributed by atoms with Crippen molar-refractivity contribution in [2.45, 2.75) is 39.7 Å². The Morgan fingerprint density at radius 2 is 2.00 bits per heavy atom. The molecule has 0 aliphatic rings. The fourth-order valence-electron chi connectivity index (χ4n) is 0.651. The largest absolute Gasteiger partial charge is 0.386 e. The molecule has 0 radical (unpaired) electrons. The van der Waals surface area contributed by atoms with Gasteiger partial charge in [-0.3, -0.25) is 0 Å². The maximum Gasteiger partial charge on any atom is 0.0771 e. The van der Waals surface area contributed by atoms with Crippen molar-refractivity contribution in [3.63, 3.8) is 0 Å². The monoisotopic (exact) mass is 154 g/mol. The van der Waals surface area contributed by atoms with Crippen LogP contribution in [-0.2, 0) is 0 Å². The molecule has 0 aromatic carbocycles. The van der Waals surface area contributed by atoms with E-state index in [1.165, 1.54) is 5.57 Å². The number of rotatable bonds is 3. The van der Waals surface area contributed by atoms with Gasteiger partial charge in [0.1, 0.15) is 0 Å². The SMILES string of the molecule is C/C=C(\C)C/C=C/C(C)(C)O. The van der Waals surface area contributed by atoms with E-state index in [2.05, 4.69) is 13.0 Å². The zero-order valence-electron chi connectivity index (χ0n) is 7.89. The first kappa shape index (κ1) is 10.4. The average molecular weight is 154 g/mol. The van der Waals surface area contributed by atoms with Crippen molar-refractivity contribution in [3.05, 3.63) is 23.8 Å². The highest BCUT2D eigenvalue weighted by molar-refractivity contribution is 5.06. The number of hydrogen-bond acceptors (Lipinski definition) is 1. The molecule has 0 fully saturated rings. The van der Waals surface area contributed by atoms with Crippen molar-refractivity contribution >= 4 is 0 Å². The van der Waals surface area contributed by atoms with E-state index in [0.29, 0.717) is 0 Å². The van der Waals surface area contributed by atoms with Gasteiger partial charge in [-0.05, 0) is 34.1 Å². The smallest absolute Gasteiger partial charge is 0.0771 e. The molecule has 0 spiro atoms. The Labute approximate surface area is 69.4 Å². The van der Waals surface area contributed by atoms with Crippen LogP contribution < -0.4 is 0 Å². The molecule has 0 bridgehead atoms. The minimum Gasteiger partial charge on any atom is -0.386 e. The van der Waals surface area contributed by atoms with Gasteiger partial charge in [0, 0.05) is 0 Å². The highest BCUT2D eigenvalue weighted by Crippen LogP contribution is 2.06. The van der Waals surface area contributed by atoms with E-state index in [-0.39, 0.29) is 0 Å². The molecule has 64 valence electrons. The fourth-order valence-corrected chi connectivity index (χ4v) is 0.651. The van der Waals surface area contributed by atoms with Gasteiger partial charge in [0.25, 0.3) is 0 Å². The lowest BCUT2D eigenvalue weighted by atomic mass is 10.1. The second-order valence-electron chi connectivity index (χ2n) is 3.40. The van der Waals surface area contributed by atoms with E-state index in [1.807, 2.05) is 19.1 Å². The predicted octanol–water partition coefficient (Wildman–Crippen LogP) is 2.67. The first-order valence-corrected chi connectivity index (χ1v) is 3.97. The summed E-state index contributed by atoms with van der Waals surface area (Å²) in [5, 5.41) is 9.30. The van der Waals surface area contributed by atoms with Crippen molar-refractivity contribution in [3.8, 4) is 0 Å². The van der Waals surface area contributed by atoms with Crippen LogP contribution in [0, 0.1) is 0 Å². The molecule has 0 unspecified atom stereocenters. The topological polar surface area (TPSA) is 20.2 Å². The Morgan fingerprint density at radius 3 is 2.36 bits per heavy atom. The maximum absolute atomic E-state index is 9.30. The van der Waals surface area contributed by atoms with Gasteiger partial charge >= 0.3 is 0 Å². The molecule has 0 aliphatic carbocycles. The lowest BCUT2D eigenvalue weighted by Crippen LogP contribution is -2.13. The molecule has 0 atom stereocenters. The quantitative estimate of drug-likeness (QED) is 0.620. The van der Waals surface area contributed by atoms with Crippen LogP contribution in [0.3, 0.4) is 0 Å². The van der Waals surface area contributed by atoms with E-state index < -0.39 is 5.60 Å². The van der Waals surface area contributed by atoms with Crippen LogP contribution in [0.2, 0.25) is 0 Å². The molecule has 0 aromatic rings. The summed E-state index contributed by atoms with van der Waals surface area (Å²) in [6, 6.07) is 0. The molecule has 11 heavy (non-hydrogen) atoms. The summed E-state index contributed by atoms with van der Waals surface area (Å²) in [7, 11) is 0. The van der Waals surface area contributed by atoms with Crippen LogP contribution >= 0.6 is 0 Å². The Balaban J connectivity index is 3.79. The van der Waals surface area contributed by atoms with Gasteiger partial charge in [0.15, 0.2) is 0 Å². The van der Waals surface area contributed by atoms with Gasteiger partial charge in [-0.1, -0.05) is 23.8 Å². The van der Waals surface area contributed by atoms with Crippen LogP contribution in [0.4, 0.5) is 0 Å². The zero-order valence-corrected chi connectivity index (χ0v) is 7.89. The number of hydrogen-bond donors (Lipinski definition) is 1. The van der Waals surface area contributed by atoms with E-state index >= 15 is 0 Å². The summed E-state index contributed by atoms with van der Waals surface area (Å²) >= 11 is 0. The van der Waals surface area contributed by atoms with E-state index in [9.17, 15) is 5.11 Å². The molecule has 0 saturated heterocycles. The third-order valence-corrected chi connectivity index (χ3v) is 1.46. The van der Waals surface area contributed by atoms with Crippen molar-refractivity contribution in [1.29, 1.82) is 0 Å². The molecule has 1 nitrogen and oxygen atoms in total. The molecule has 0 aliphatic heterocycles. The highest BCUT2D eigenvalue weighted by Gasteiger charge is 2.04. The second kappa shape index (κ2) is 4.35. The van der Waals surface area contributed by atoms with Gasteiger partial charge in [-0.25, -0.2) is 0 Å².